The number of aliphatic hydroxyl groups is 1. The number of aliphatic hydroxyl groups excluding tert-OH is 1. The average Bonchev–Trinajstić information content (AvgIpc) is 2.43. The first-order valence-electron chi connectivity index (χ1n) is 5.86. The Morgan fingerprint density at radius 2 is 2.08 bits per heavy atom. The number of hydrogen-bond acceptors (Lipinski definition) is 1. The maximum atomic E-state index is 9.96. The van der Waals surface area contributed by atoms with E-state index in [1.165, 1.54) is 32.1 Å². The maximum absolute atomic E-state index is 9.96. The summed E-state index contributed by atoms with van der Waals surface area (Å²) < 4.78 is 0. The Bertz CT molecular complexity index is 190. The minimum atomic E-state index is 0.00954. The molecule has 2 fully saturated rings. The van der Waals surface area contributed by atoms with E-state index in [9.17, 15) is 5.11 Å². The van der Waals surface area contributed by atoms with Crippen LogP contribution in [-0.2, 0) is 0 Å². The van der Waals surface area contributed by atoms with Crippen LogP contribution in [0.5, 0.6) is 0 Å². The third-order valence-corrected chi connectivity index (χ3v) is 4.78. The standard InChI is InChI=1S/C12H22O/c1-3-9-6-7-10-11(13)5-4-8-12(9,10)2/h9-11,13H,3-8H2,1-2H3/t9-,10-,11-,12+/m0/s1. The largest absolute Gasteiger partial charge is 0.393 e. The summed E-state index contributed by atoms with van der Waals surface area (Å²) in [6, 6.07) is 0. The first-order valence-corrected chi connectivity index (χ1v) is 5.86. The van der Waals surface area contributed by atoms with Crippen molar-refractivity contribution in [2.45, 2.75) is 58.5 Å². The van der Waals surface area contributed by atoms with Gasteiger partial charge in [0.15, 0.2) is 0 Å². The molecular weight excluding hydrogens is 160 g/mol. The van der Waals surface area contributed by atoms with Gasteiger partial charge in [-0.3, -0.25) is 0 Å². The van der Waals surface area contributed by atoms with E-state index >= 15 is 0 Å². The van der Waals surface area contributed by atoms with Crippen molar-refractivity contribution < 1.29 is 5.11 Å². The van der Waals surface area contributed by atoms with Crippen LogP contribution in [-0.4, -0.2) is 11.2 Å². The molecule has 0 amide bonds. The molecule has 0 aromatic heterocycles. The van der Waals surface area contributed by atoms with E-state index < -0.39 is 0 Å². The topological polar surface area (TPSA) is 20.2 Å². The molecule has 13 heavy (non-hydrogen) atoms. The zero-order valence-corrected chi connectivity index (χ0v) is 8.92. The molecule has 0 bridgehead atoms. The van der Waals surface area contributed by atoms with Crippen molar-refractivity contribution in [3.8, 4) is 0 Å². The van der Waals surface area contributed by atoms with Crippen LogP contribution < -0.4 is 0 Å². The van der Waals surface area contributed by atoms with Gasteiger partial charge in [0.2, 0.25) is 0 Å². The van der Waals surface area contributed by atoms with Crippen LogP contribution >= 0.6 is 0 Å². The molecule has 0 aromatic carbocycles. The van der Waals surface area contributed by atoms with Gasteiger partial charge in [0.1, 0.15) is 0 Å². The maximum Gasteiger partial charge on any atom is 0.0573 e. The molecule has 1 N–H and O–H groups in total. The van der Waals surface area contributed by atoms with Gasteiger partial charge in [0.25, 0.3) is 0 Å². The molecular formula is C12H22O. The Kier molecular flexibility index (Phi) is 2.39. The Labute approximate surface area is 81.5 Å². The number of fused-ring (bicyclic) bond motifs is 1. The molecule has 76 valence electrons. The lowest BCUT2D eigenvalue weighted by Gasteiger charge is -2.43. The predicted octanol–water partition coefficient (Wildman–Crippen LogP) is 2.97. The monoisotopic (exact) mass is 182 g/mol. The third-order valence-electron chi connectivity index (χ3n) is 4.78. The van der Waals surface area contributed by atoms with Gasteiger partial charge in [0, 0.05) is 0 Å². The fourth-order valence-corrected chi connectivity index (χ4v) is 3.93. The van der Waals surface area contributed by atoms with Crippen LogP contribution in [0.1, 0.15) is 52.4 Å². The van der Waals surface area contributed by atoms with Crippen LogP contribution in [0.3, 0.4) is 0 Å². The summed E-state index contributed by atoms with van der Waals surface area (Å²) in [4.78, 5) is 0. The molecule has 0 aliphatic heterocycles. The number of rotatable bonds is 1. The minimum absolute atomic E-state index is 0.00954. The Balaban J connectivity index is 2.18. The average molecular weight is 182 g/mol. The first kappa shape index (κ1) is 9.51. The van der Waals surface area contributed by atoms with Crippen molar-refractivity contribution >= 4 is 0 Å². The van der Waals surface area contributed by atoms with Crippen molar-refractivity contribution in [3.63, 3.8) is 0 Å². The van der Waals surface area contributed by atoms with E-state index in [1.54, 1.807) is 0 Å². The van der Waals surface area contributed by atoms with Crippen LogP contribution in [0, 0.1) is 17.3 Å². The van der Waals surface area contributed by atoms with Gasteiger partial charge in [-0.2, -0.15) is 0 Å². The van der Waals surface area contributed by atoms with Crippen molar-refractivity contribution in [2.24, 2.45) is 17.3 Å². The molecule has 1 heteroatoms. The van der Waals surface area contributed by atoms with Gasteiger partial charge < -0.3 is 5.11 Å². The van der Waals surface area contributed by atoms with Crippen LogP contribution in [0.15, 0.2) is 0 Å². The van der Waals surface area contributed by atoms with E-state index in [2.05, 4.69) is 13.8 Å². The predicted molar refractivity (Wildman–Crippen MR) is 54.5 cm³/mol. The van der Waals surface area contributed by atoms with E-state index in [-0.39, 0.29) is 6.10 Å². The molecule has 4 atom stereocenters. The highest BCUT2D eigenvalue weighted by Crippen LogP contribution is 2.56. The zero-order chi connectivity index (χ0) is 9.47. The molecule has 2 aliphatic rings. The van der Waals surface area contributed by atoms with Gasteiger partial charge in [-0.05, 0) is 42.9 Å². The highest BCUT2D eigenvalue weighted by molar-refractivity contribution is 4.99. The summed E-state index contributed by atoms with van der Waals surface area (Å²) in [5.41, 5.74) is 0.479. The SMILES string of the molecule is CC[C@H]1CC[C@H]2[C@@H](O)CCC[C@]12C. The highest BCUT2D eigenvalue weighted by atomic mass is 16.3. The van der Waals surface area contributed by atoms with E-state index in [0.29, 0.717) is 11.3 Å². The van der Waals surface area contributed by atoms with Gasteiger partial charge in [-0.15, -0.1) is 0 Å². The minimum Gasteiger partial charge on any atom is -0.393 e. The fourth-order valence-electron chi connectivity index (χ4n) is 3.93. The van der Waals surface area contributed by atoms with E-state index in [0.717, 1.165) is 12.3 Å². The molecule has 0 unspecified atom stereocenters. The third kappa shape index (κ3) is 1.32. The number of hydrogen-bond donors (Lipinski definition) is 1. The summed E-state index contributed by atoms with van der Waals surface area (Å²) >= 11 is 0. The lowest BCUT2D eigenvalue weighted by atomic mass is 9.64. The van der Waals surface area contributed by atoms with Crippen LogP contribution in [0.2, 0.25) is 0 Å². The van der Waals surface area contributed by atoms with Gasteiger partial charge in [-0.1, -0.05) is 26.7 Å². The Morgan fingerprint density at radius 1 is 1.31 bits per heavy atom. The van der Waals surface area contributed by atoms with Gasteiger partial charge >= 0.3 is 0 Å². The van der Waals surface area contributed by atoms with Crippen molar-refractivity contribution in [3.05, 3.63) is 0 Å². The molecule has 0 saturated heterocycles. The summed E-state index contributed by atoms with van der Waals surface area (Å²) in [5, 5.41) is 9.96. The molecule has 2 rings (SSSR count). The first-order chi connectivity index (χ1) is 6.18. The molecule has 1 nitrogen and oxygen atoms in total. The summed E-state index contributed by atoms with van der Waals surface area (Å²) in [7, 11) is 0. The molecule has 0 heterocycles. The second kappa shape index (κ2) is 3.27. The lowest BCUT2D eigenvalue weighted by molar-refractivity contribution is -0.0174. The van der Waals surface area contributed by atoms with Crippen molar-refractivity contribution in [1.29, 1.82) is 0 Å². The summed E-state index contributed by atoms with van der Waals surface area (Å²) in [5.74, 6) is 1.50. The van der Waals surface area contributed by atoms with Gasteiger partial charge in [-0.25, -0.2) is 0 Å². The Morgan fingerprint density at radius 3 is 2.77 bits per heavy atom. The Hall–Kier alpha value is -0.0400. The molecule has 0 spiro atoms. The van der Waals surface area contributed by atoms with Crippen molar-refractivity contribution in [2.75, 3.05) is 0 Å². The van der Waals surface area contributed by atoms with Crippen molar-refractivity contribution in [1.82, 2.24) is 0 Å². The quantitative estimate of drug-likeness (QED) is 0.661. The lowest BCUT2D eigenvalue weighted by Crippen LogP contribution is -2.39. The highest BCUT2D eigenvalue weighted by Gasteiger charge is 2.49. The van der Waals surface area contributed by atoms with Crippen LogP contribution in [0.4, 0.5) is 0 Å². The van der Waals surface area contributed by atoms with E-state index in [1.807, 2.05) is 0 Å². The molecule has 2 saturated carbocycles. The molecule has 0 radical (unpaired) electrons. The molecule has 0 aromatic rings. The zero-order valence-electron chi connectivity index (χ0n) is 8.92. The summed E-state index contributed by atoms with van der Waals surface area (Å²) in [6.45, 7) is 4.72. The molecule has 2 aliphatic carbocycles. The smallest absolute Gasteiger partial charge is 0.0573 e. The van der Waals surface area contributed by atoms with Crippen LogP contribution in [0.25, 0.3) is 0 Å². The summed E-state index contributed by atoms with van der Waals surface area (Å²) in [6.07, 6.45) is 7.59. The second-order valence-corrected chi connectivity index (χ2v) is 5.25. The van der Waals surface area contributed by atoms with E-state index in [4.69, 9.17) is 0 Å². The second-order valence-electron chi connectivity index (χ2n) is 5.25. The normalized spacial score (nSPS) is 50.5. The van der Waals surface area contributed by atoms with Gasteiger partial charge in [0.05, 0.1) is 6.10 Å². The fraction of sp³-hybridized carbons (Fsp3) is 1.00.